The maximum atomic E-state index is 12.3. The number of nitrogens with zero attached hydrogens (tertiary/aromatic N) is 1. The predicted molar refractivity (Wildman–Crippen MR) is 91.6 cm³/mol. The van der Waals surface area contributed by atoms with Crippen molar-refractivity contribution in [2.45, 2.75) is 20.0 Å². The molecule has 7 heteroatoms. The minimum atomic E-state index is -0.514. The first kappa shape index (κ1) is 17.4. The fourth-order valence-corrected chi connectivity index (χ4v) is 2.68. The number of halogens is 1. The third-order valence-corrected chi connectivity index (χ3v) is 3.78. The Balaban J connectivity index is 1.72. The van der Waals surface area contributed by atoms with Gasteiger partial charge in [-0.3, -0.25) is 0 Å². The Morgan fingerprint density at radius 1 is 1.32 bits per heavy atom. The molecule has 0 saturated heterocycles. The Hall–Kier alpha value is -2.47. The van der Waals surface area contributed by atoms with Gasteiger partial charge < -0.3 is 18.9 Å². The van der Waals surface area contributed by atoms with Crippen molar-refractivity contribution >= 4 is 17.6 Å². The molecule has 0 bridgehead atoms. The average Bonchev–Trinajstić information content (AvgIpc) is 2.86. The van der Waals surface area contributed by atoms with Gasteiger partial charge in [-0.2, -0.15) is 0 Å². The van der Waals surface area contributed by atoms with Crippen LogP contribution in [-0.4, -0.2) is 30.8 Å². The van der Waals surface area contributed by atoms with E-state index in [1.807, 2.05) is 6.92 Å². The lowest BCUT2D eigenvalue weighted by Gasteiger charge is -2.12. The van der Waals surface area contributed by atoms with Crippen molar-refractivity contribution in [3.8, 4) is 17.4 Å². The summed E-state index contributed by atoms with van der Waals surface area (Å²) >= 11 is 6.24. The van der Waals surface area contributed by atoms with Gasteiger partial charge in [-0.1, -0.05) is 11.6 Å². The van der Waals surface area contributed by atoms with Crippen LogP contribution in [-0.2, 0) is 11.3 Å². The molecule has 0 aliphatic carbocycles. The van der Waals surface area contributed by atoms with Crippen molar-refractivity contribution in [2.24, 2.45) is 0 Å². The van der Waals surface area contributed by atoms with Gasteiger partial charge in [-0.15, -0.1) is 0 Å². The fraction of sp³-hybridized carbons (Fsp3) is 0.333. The SMILES string of the molecule is CCOc1ncccc1C(=O)OCc1cc(Cl)c2c(c1)OCCCO2. The average molecular weight is 364 g/mol. The standard InChI is InChI=1S/C18H18ClNO5/c1-2-22-17-13(5-3-6-20-17)18(21)25-11-12-9-14(19)16-15(10-12)23-7-4-8-24-16/h3,5-6,9-10H,2,4,7-8,11H2,1H3. The van der Waals surface area contributed by atoms with Crippen LogP contribution in [0.15, 0.2) is 30.5 Å². The van der Waals surface area contributed by atoms with E-state index in [9.17, 15) is 4.79 Å². The van der Waals surface area contributed by atoms with Crippen LogP contribution >= 0.6 is 11.6 Å². The second-order valence-corrected chi connectivity index (χ2v) is 5.73. The van der Waals surface area contributed by atoms with Crippen LogP contribution in [0, 0.1) is 0 Å². The fourth-order valence-electron chi connectivity index (χ4n) is 2.39. The Morgan fingerprint density at radius 2 is 2.16 bits per heavy atom. The molecule has 0 unspecified atom stereocenters. The molecule has 6 nitrogen and oxygen atoms in total. The second-order valence-electron chi connectivity index (χ2n) is 5.32. The topological polar surface area (TPSA) is 66.9 Å². The lowest BCUT2D eigenvalue weighted by atomic mass is 10.2. The Bertz CT molecular complexity index is 765. The zero-order valence-electron chi connectivity index (χ0n) is 13.8. The first-order valence-corrected chi connectivity index (χ1v) is 8.39. The van der Waals surface area contributed by atoms with Gasteiger partial charge in [0.25, 0.3) is 0 Å². The minimum absolute atomic E-state index is 0.0512. The number of carbonyl (C=O) groups excluding carboxylic acids is 1. The molecule has 25 heavy (non-hydrogen) atoms. The number of aromatic nitrogens is 1. The van der Waals surface area contributed by atoms with E-state index >= 15 is 0 Å². The van der Waals surface area contributed by atoms with Crippen LogP contribution < -0.4 is 14.2 Å². The first-order chi connectivity index (χ1) is 12.2. The number of benzene rings is 1. The highest BCUT2D eigenvalue weighted by atomic mass is 35.5. The van der Waals surface area contributed by atoms with Crippen molar-refractivity contribution in [1.29, 1.82) is 0 Å². The maximum Gasteiger partial charge on any atom is 0.343 e. The van der Waals surface area contributed by atoms with Crippen molar-refractivity contribution in [3.05, 3.63) is 46.6 Å². The molecule has 0 radical (unpaired) electrons. The molecule has 3 rings (SSSR count). The Labute approximate surface area is 150 Å². The van der Waals surface area contributed by atoms with Crippen molar-refractivity contribution in [3.63, 3.8) is 0 Å². The molecule has 1 aromatic heterocycles. The van der Waals surface area contributed by atoms with Crippen molar-refractivity contribution in [1.82, 2.24) is 4.98 Å². The number of hydrogen-bond acceptors (Lipinski definition) is 6. The van der Waals surface area contributed by atoms with Crippen LogP contribution in [0.1, 0.15) is 29.3 Å². The first-order valence-electron chi connectivity index (χ1n) is 8.02. The molecule has 2 heterocycles. The summed E-state index contributed by atoms with van der Waals surface area (Å²) in [5, 5.41) is 0.432. The monoisotopic (exact) mass is 363 g/mol. The van der Waals surface area contributed by atoms with Gasteiger partial charge in [0.2, 0.25) is 5.88 Å². The highest BCUT2D eigenvalue weighted by molar-refractivity contribution is 6.32. The number of ether oxygens (including phenoxy) is 4. The van der Waals surface area contributed by atoms with Gasteiger partial charge in [-0.05, 0) is 36.8 Å². The van der Waals surface area contributed by atoms with E-state index in [2.05, 4.69) is 4.98 Å². The highest BCUT2D eigenvalue weighted by Gasteiger charge is 2.18. The third-order valence-electron chi connectivity index (χ3n) is 3.50. The van der Waals surface area contributed by atoms with E-state index < -0.39 is 5.97 Å². The van der Waals surface area contributed by atoms with Gasteiger partial charge >= 0.3 is 5.97 Å². The van der Waals surface area contributed by atoms with E-state index in [-0.39, 0.29) is 18.1 Å². The molecule has 0 N–H and O–H groups in total. The number of esters is 1. The van der Waals surface area contributed by atoms with Crippen LogP contribution in [0.5, 0.6) is 17.4 Å². The molecule has 0 spiro atoms. The summed E-state index contributed by atoms with van der Waals surface area (Å²) < 4.78 is 21.9. The largest absolute Gasteiger partial charge is 0.489 e. The number of hydrogen-bond donors (Lipinski definition) is 0. The molecule has 2 aromatic rings. The molecule has 0 saturated carbocycles. The summed E-state index contributed by atoms with van der Waals surface area (Å²) in [6, 6.07) is 6.74. The minimum Gasteiger partial charge on any atom is -0.489 e. The summed E-state index contributed by atoms with van der Waals surface area (Å²) in [5.74, 6) is 0.832. The summed E-state index contributed by atoms with van der Waals surface area (Å²) in [5.41, 5.74) is 0.995. The van der Waals surface area contributed by atoms with Gasteiger partial charge in [0.15, 0.2) is 11.5 Å². The third kappa shape index (κ3) is 4.14. The highest BCUT2D eigenvalue weighted by Crippen LogP contribution is 2.38. The molecule has 0 amide bonds. The molecule has 0 fully saturated rings. The zero-order valence-corrected chi connectivity index (χ0v) is 14.5. The van der Waals surface area contributed by atoms with E-state index in [1.54, 1.807) is 30.5 Å². The summed E-state index contributed by atoms with van der Waals surface area (Å²) in [4.78, 5) is 16.4. The van der Waals surface area contributed by atoms with Crippen LogP contribution in [0.2, 0.25) is 5.02 Å². The van der Waals surface area contributed by atoms with E-state index in [4.69, 9.17) is 30.5 Å². The number of carbonyl (C=O) groups is 1. The van der Waals surface area contributed by atoms with E-state index in [1.165, 1.54) is 0 Å². The Morgan fingerprint density at radius 3 is 3.00 bits per heavy atom. The molecular weight excluding hydrogens is 346 g/mol. The zero-order chi connectivity index (χ0) is 17.6. The molecule has 1 aliphatic rings. The van der Waals surface area contributed by atoms with Crippen LogP contribution in [0.25, 0.3) is 0 Å². The quantitative estimate of drug-likeness (QED) is 0.755. The normalized spacial score (nSPS) is 13.0. The predicted octanol–water partition coefficient (Wildman–Crippen LogP) is 3.65. The van der Waals surface area contributed by atoms with E-state index in [0.29, 0.717) is 41.9 Å². The summed E-state index contributed by atoms with van der Waals surface area (Å²) in [7, 11) is 0. The van der Waals surface area contributed by atoms with Crippen molar-refractivity contribution in [2.75, 3.05) is 19.8 Å². The number of fused-ring (bicyclic) bond motifs is 1. The lowest BCUT2D eigenvalue weighted by molar-refractivity contribution is 0.0467. The molecule has 1 aliphatic heterocycles. The second kappa shape index (κ2) is 8.07. The van der Waals surface area contributed by atoms with Crippen LogP contribution in [0.3, 0.4) is 0 Å². The number of rotatable bonds is 5. The van der Waals surface area contributed by atoms with Gasteiger partial charge in [0, 0.05) is 12.6 Å². The molecule has 132 valence electrons. The molecule has 0 atom stereocenters. The molecule has 1 aromatic carbocycles. The van der Waals surface area contributed by atoms with Crippen molar-refractivity contribution < 1.29 is 23.7 Å². The van der Waals surface area contributed by atoms with Gasteiger partial charge in [0.1, 0.15) is 12.2 Å². The van der Waals surface area contributed by atoms with Gasteiger partial charge in [0.05, 0.1) is 24.8 Å². The summed E-state index contributed by atoms with van der Waals surface area (Å²) in [6.07, 6.45) is 2.35. The molecular formula is C18H18ClNO5. The smallest absolute Gasteiger partial charge is 0.343 e. The van der Waals surface area contributed by atoms with Crippen LogP contribution in [0.4, 0.5) is 0 Å². The number of pyridine rings is 1. The Kier molecular flexibility index (Phi) is 5.60. The maximum absolute atomic E-state index is 12.3. The van der Waals surface area contributed by atoms with E-state index in [0.717, 1.165) is 6.42 Å². The lowest BCUT2D eigenvalue weighted by Crippen LogP contribution is -2.09. The summed E-state index contributed by atoms with van der Waals surface area (Å²) in [6.45, 7) is 3.40. The van der Waals surface area contributed by atoms with Gasteiger partial charge in [-0.25, -0.2) is 9.78 Å².